The van der Waals surface area contributed by atoms with Crippen molar-refractivity contribution < 1.29 is 28.9 Å². The summed E-state index contributed by atoms with van der Waals surface area (Å²) in [7, 11) is 0. The Morgan fingerprint density at radius 3 is 2.55 bits per heavy atom. The normalized spacial score (nSPS) is 13.1. The summed E-state index contributed by atoms with van der Waals surface area (Å²) in [6.45, 7) is 5.71. The summed E-state index contributed by atoms with van der Waals surface area (Å²) in [6.07, 6.45) is 0.134. The number of rotatable bonds is 12. The van der Waals surface area contributed by atoms with Crippen LogP contribution in [0.3, 0.4) is 0 Å². The Morgan fingerprint density at radius 2 is 1.87 bits per heavy atom. The molecule has 0 saturated heterocycles. The van der Waals surface area contributed by atoms with E-state index in [2.05, 4.69) is 6.58 Å². The van der Waals surface area contributed by atoms with Crippen LogP contribution in [0.5, 0.6) is 5.75 Å². The number of carbonyl (C=O) groups excluding carboxylic acids is 1. The number of hydrogen-bond donors (Lipinski definition) is 2. The Kier molecular flexibility index (Phi) is 8.28. The fraction of sp³-hybridized carbons (Fsp3) is 0.375. The van der Waals surface area contributed by atoms with Crippen molar-refractivity contribution in [1.29, 1.82) is 0 Å². The molecule has 6 nitrogen and oxygen atoms in total. The molecule has 1 aromatic carbocycles. The molecule has 0 spiro atoms. The van der Waals surface area contributed by atoms with Gasteiger partial charge in [0.05, 0.1) is 30.3 Å². The molecule has 0 bridgehead atoms. The summed E-state index contributed by atoms with van der Waals surface area (Å²) in [5.74, 6) is 1.10. The number of aliphatic hydroxyl groups excluding tert-OH is 2. The minimum atomic E-state index is -0.862. The third kappa shape index (κ3) is 6.69. The molecule has 3 rings (SSSR count). The van der Waals surface area contributed by atoms with Crippen LogP contribution in [0, 0.1) is 0 Å². The Labute approximate surface area is 185 Å². The smallest absolute Gasteiger partial charge is 0.333 e. The Hall–Kier alpha value is -2.61. The zero-order valence-corrected chi connectivity index (χ0v) is 18.4. The molecule has 2 atom stereocenters. The molecule has 2 unspecified atom stereocenters. The largest absolute Gasteiger partial charge is 0.493 e. The first-order valence-electron chi connectivity index (χ1n) is 10.3. The van der Waals surface area contributed by atoms with Gasteiger partial charge in [-0.15, -0.1) is 11.3 Å². The monoisotopic (exact) mass is 444 g/mol. The van der Waals surface area contributed by atoms with E-state index in [0.717, 1.165) is 21.6 Å². The van der Waals surface area contributed by atoms with Crippen LogP contribution in [0.1, 0.15) is 32.6 Å². The highest BCUT2D eigenvalue weighted by molar-refractivity contribution is 7.13. The quantitative estimate of drug-likeness (QED) is 0.234. The van der Waals surface area contributed by atoms with E-state index in [1.807, 2.05) is 41.8 Å². The SMILES string of the molecule is C=C(C)C(=O)OCCCC(O)C(O)CCCOc1ccc2cc(-c3cccs3)oc2c1. The second-order valence-corrected chi connectivity index (χ2v) is 8.42. The lowest BCUT2D eigenvalue weighted by Crippen LogP contribution is -2.26. The van der Waals surface area contributed by atoms with E-state index in [1.165, 1.54) is 0 Å². The lowest BCUT2D eigenvalue weighted by molar-refractivity contribution is -0.139. The van der Waals surface area contributed by atoms with Gasteiger partial charge >= 0.3 is 5.97 Å². The van der Waals surface area contributed by atoms with Gasteiger partial charge in [-0.05, 0) is 62.3 Å². The number of furan rings is 1. The molecular weight excluding hydrogens is 416 g/mol. The molecule has 2 aromatic heterocycles. The van der Waals surface area contributed by atoms with Gasteiger partial charge in [0, 0.05) is 17.0 Å². The number of fused-ring (bicyclic) bond motifs is 1. The predicted molar refractivity (Wildman–Crippen MR) is 121 cm³/mol. The molecular formula is C24H28O6S. The second-order valence-electron chi connectivity index (χ2n) is 7.47. The Bertz CT molecular complexity index is 991. The standard InChI is InChI=1S/C24H28O6S/c1-16(2)24(27)29-12-4-7-20(26)19(25)6-3-11-28-18-10-9-17-14-22(30-21(17)15-18)23-8-5-13-31-23/h5,8-10,13-15,19-20,25-26H,1,3-4,6-7,11-12H2,2H3. The van der Waals surface area contributed by atoms with Crippen LogP contribution in [-0.4, -0.2) is 41.6 Å². The molecule has 31 heavy (non-hydrogen) atoms. The number of aliphatic hydroxyl groups is 2. The van der Waals surface area contributed by atoms with E-state index in [9.17, 15) is 15.0 Å². The molecule has 0 aliphatic rings. The average Bonchev–Trinajstić information content (AvgIpc) is 3.42. The van der Waals surface area contributed by atoms with Gasteiger partial charge in [0.25, 0.3) is 0 Å². The molecule has 0 fully saturated rings. The predicted octanol–water partition coefficient (Wildman–Crippen LogP) is 4.94. The number of benzene rings is 1. The number of thiophene rings is 1. The third-order valence-corrected chi connectivity index (χ3v) is 5.72. The first kappa shape index (κ1) is 23.1. The topological polar surface area (TPSA) is 89.1 Å². The summed E-state index contributed by atoms with van der Waals surface area (Å²) >= 11 is 1.63. The van der Waals surface area contributed by atoms with Gasteiger partial charge in [0.15, 0.2) is 0 Å². The number of esters is 1. The first-order valence-corrected chi connectivity index (χ1v) is 11.2. The molecule has 0 amide bonds. The first-order chi connectivity index (χ1) is 14.9. The molecule has 2 heterocycles. The maximum Gasteiger partial charge on any atom is 0.333 e. The van der Waals surface area contributed by atoms with Crippen molar-refractivity contribution in [3.8, 4) is 16.4 Å². The van der Waals surface area contributed by atoms with E-state index in [1.54, 1.807) is 18.3 Å². The van der Waals surface area contributed by atoms with Crippen LogP contribution in [0.15, 0.2) is 58.3 Å². The van der Waals surface area contributed by atoms with Crippen molar-refractivity contribution in [3.63, 3.8) is 0 Å². The molecule has 0 radical (unpaired) electrons. The van der Waals surface area contributed by atoms with Crippen molar-refractivity contribution in [2.45, 2.75) is 44.8 Å². The number of carbonyl (C=O) groups is 1. The van der Waals surface area contributed by atoms with Crippen LogP contribution in [0.2, 0.25) is 0 Å². The van der Waals surface area contributed by atoms with Gasteiger partial charge in [-0.1, -0.05) is 12.6 Å². The van der Waals surface area contributed by atoms with E-state index in [-0.39, 0.29) is 6.61 Å². The van der Waals surface area contributed by atoms with Gasteiger partial charge < -0.3 is 24.1 Å². The van der Waals surface area contributed by atoms with Crippen molar-refractivity contribution in [2.75, 3.05) is 13.2 Å². The maximum absolute atomic E-state index is 11.3. The van der Waals surface area contributed by atoms with Gasteiger partial charge in [0.2, 0.25) is 0 Å². The van der Waals surface area contributed by atoms with E-state index < -0.39 is 18.2 Å². The minimum Gasteiger partial charge on any atom is -0.493 e. The van der Waals surface area contributed by atoms with Crippen LogP contribution >= 0.6 is 11.3 Å². The second kappa shape index (κ2) is 11.1. The molecule has 0 aliphatic carbocycles. The molecule has 0 aliphatic heterocycles. The zero-order valence-electron chi connectivity index (χ0n) is 17.6. The van der Waals surface area contributed by atoms with Crippen molar-refractivity contribution >= 4 is 28.3 Å². The van der Waals surface area contributed by atoms with Crippen LogP contribution in [0.25, 0.3) is 21.6 Å². The van der Waals surface area contributed by atoms with E-state index in [4.69, 9.17) is 13.9 Å². The van der Waals surface area contributed by atoms with E-state index >= 15 is 0 Å². The molecule has 7 heteroatoms. The van der Waals surface area contributed by atoms with E-state index in [0.29, 0.717) is 43.6 Å². The molecule has 2 N–H and O–H groups in total. The maximum atomic E-state index is 11.3. The molecule has 0 saturated carbocycles. The molecule has 166 valence electrons. The summed E-state index contributed by atoms with van der Waals surface area (Å²) < 4.78 is 16.7. The van der Waals surface area contributed by atoms with Gasteiger partial charge in [0.1, 0.15) is 17.1 Å². The van der Waals surface area contributed by atoms with Crippen LogP contribution < -0.4 is 4.74 Å². The number of hydrogen-bond acceptors (Lipinski definition) is 7. The summed E-state index contributed by atoms with van der Waals surface area (Å²) in [4.78, 5) is 12.4. The fourth-order valence-electron chi connectivity index (χ4n) is 3.09. The minimum absolute atomic E-state index is 0.196. The average molecular weight is 445 g/mol. The Balaban J connectivity index is 1.37. The molecule has 3 aromatic rings. The Morgan fingerprint density at radius 1 is 1.13 bits per heavy atom. The highest BCUT2D eigenvalue weighted by Gasteiger charge is 2.16. The van der Waals surface area contributed by atoms with Gasteiger partial charge in [-0.3, -0.25) is 0 Å². The summed E-state index contributed by atoms with van der Waals surface area (Å²) in [6, 6.07) is 11.8. The van der Waals surface area contributed by atoms with Gasteiger partial charge in [-0.2, -0.15) is 0 Å². The summed E-state index contributed by atoms with van der Waals surface area (Å²) in [5, 5.41) is 23.2. The van der Waals surface area contributed by atoms with Crippen molar-refractivity contribution in [2.24, 2.45) is 0 Å². The van der Waals surface area contributed by atoms with Crippen molar-refractivity contribution in [3.05, 3.63) is 53.9 Å². The van der Waals surface area contributed by atoms with Crippen molar-refractivity contribution in [1.82, 2.24) is 0 Å². The number of ether oxygens (including phenoxy) is 2. The van der Waals surface area contributed by atoms with Crippen LogP contribution in [-0.2, 0) is 9.53 Å². The highest BCUT2D eigenvalue weighted by atomic mass is 32.1. The fourth-order valence-corrected chi connectivity index (χ4v) is 3.77. The summed E-state index contributed by atoms with van der Waals surface area (Å²) in [5.41, 5.74) is 1.11. The lowest BCUT2D eigenvalue weighted by atomic mass is 10.0. The third-order valence-electron chi connectivity index (χ3n) is 4.84. The van der Waals surface area contributed by atoms with Crippen LogP contribution in [0.4, 0.5) is 0 Å². The van der Waals surface area contributed by atoms with Gasteiger partial charge in [-0.25, -0.2) is 4.79 Å². The zero-order chi connectivity index (χ0) is 22.2. The lowest BCUT2D eigenvalue weighted by Gasteiger charge is -2.17. The highest BCUT2D eigenvalue weighted by Crippen LogP contribution is 2.32.